The Hall–Kier alpha value is -1.28. The Bertz CT molecular complexity index is 457. The molecule has 2 N–H and O–H groups in total. The Kier molecular flexibility index (Phi) is 2.78. The summed E-state index contributed by atoms with van der Waals surface area (Å²) in [6.45, 7) is 2.13. The standard InChI is InChI=1S/C13H18N2/c1-3-11(14)8-10-9-15(2)13-7-5-4-6-12(10)13/h4-7,9,11H,3,8,14H2,1-2H3/t11-/m1/s1. The average Bonchev–Trinajstić information content (AvgIpc) is 2.57. The van der Waals surface area contributed by atoms with Crippen molar-refractivity contribution in [1.29, 1.82) is 0 Å². The predicted octanol–water partition coefficient (Wildman–Crippen LogP) is 2.46. The van der Waals surface area contributed by atoms with Gasteiger partial charge < -0.3 is 10.3 Å². The van der Waals surface area contributed by atoms with Gasteiger partial charge in [0.05, 0.1) is 0 Å². The molecule has 2 nitrogen and oxygen atoms in total. The second-order valence-electron chi connectivity index (χ2n) is 4.15. The number of nitrogens with zero attached hydrogens (tertiary/aromatic N) is 1. The van der Waals surface area contributed by atoms with Gasteiger partial charge in [0, 0.05) is 30.2 Å². The third-order valence-electron chi connectivity index (χ3n) is 2.99. The van der Waals surface area contributed by atoms with Crippen molar-refractivity contribution < 1.29 is 0 Å². The van der Waals surface area contributed by atoms with Gasteiger partial charge in [-0.2, -0.15) is 0 Å². The second-order valence-corrected chi connectivity index (χ2v) is 4.15. The Labute approximate surface area is 90.7 Å². The molecule has 1 aromatic heterocycles. The molecule has 0 spiro atoms. The lowest BCUT2D eigenvalue weighted by atomic mass is 10.0. The molecular formula is C13H18N2. The van der Waals surface area contributed by atoms with Gasteiger partial charge in [0.1, 0.15) is 0 Å². The number of hydrogen-bond acceptors (Lipinski definition) is 1. The first kappa shape index (κ1) is 10.2. The number of hydrogen-bond donors (Lipinski definition) is 1. The molecule has 0 saturated heterocycles. The zero-order chi connectivity index (χ0) is 10.8. The molecule has 80 valence electrons. The van der Waals surface area contributed by atoms with Crippen molar-refractivity contribution in [1.82, 2.24) is 4.57 Å². The number of benzene rings is 1. The van der Waals surface area contributed by atoms with Crippen LogP contribution in [0.4, 0.5) is 0 Å². The number of aryl methyl sites for hydroxylation is 1. The molecular weight excluding hydrogens is 184 g/mol. The molecule has 1 aromatic carbocycles. The molecule has 0 saturated carbocycles. The maximum Gasteiger partial charge on any atom is 0.0480 e. The van der Waals surface area contributed by atoms with E-state index in [9.17, 15) is 0 Å². The molecule has 0 amide bonds. The second kappa shape index (κ2) is 4.07. The molecule has 0 radical (unpaired) electrons. The molecule has 1 heterocycles. The van der Waals surface area contributed by atoms with Gasteiger partial charge in [-0.25, -0.2) is 0 Å². The summed E-state index contributed by atoms with van der Waals surface area (Å²) in [7, 11) is 2.09. The molecule has 2 rings (SSSR count). The lowest BCUT2D eigenvalue weighted by Gasteiger charge is -2.06. The van der Waals surface area contributed by atoms with Crippen molar-refractivity contribution in [3.63, 3.8) is 0 Å². The van der Waals surface area contributed by atoms with Crippen molar-refractivity contribution >= 4 is 10.9 Å². The molecule has 2 aromatic rings. The summed E-state index contributed by atoms with van der Waals surface area (Å²) in [5, 5.41) is 1.34. The smallest absolute Gasteiger partial charge is 0.0480 e. The van der Waals surface area contributed by atoms with E-state index in [0.717, 1.165) is 12.8 Å². The topological polar surface area (TPSA) is 30.9 Å². The maximum atomic E-state index is 6.00. The van der Waals surface area contributed by atoms with Crippen LogP contribution >= 0.6 is 0 Å². The molecule has 2 heteroatoms. The quantitative estimate of drug-likeness (QED) is 0.814. The van der Waals surface area contributed by atoms with E-state index in [0.29, 0.717) is 0 Å². The number of para-hydroxylation sites is 1. The van der Waals surface area contributed by atoms with Crippen LogP contribution in [-0.2, 0) is 13.5 Å². The summed E-state index contributed by atoms with van der Waals surface area (Å²) < 4.78 is 2.17. The van der Waals surface area contributed by atoms with Crippen LogP contribution in [0, 0.1) is 0 Å². The molecule has 0 aliphatic carbocycles. The minimum atomic E-state index is 0.274. The molecule has 0 unspecified atom stereocenters. The third kappa shape index (κ3) is 1.90. The van der Waals surface area contributed by atoms with Crippen LogP contribution < -0.4 is 5.73 Å². The van der Waals surface area contributed by atoms with Gasteiger partial charge in [-0.3, -0.25) is 0 Å². The van der Waals surface area contributed by atoms with E-state index in [1.807, 2.05) is 0 Å². The van der Waals surface area contributed by atoms with Crippen molar-refractivity contribution in [3.8, 4) is 0 Å². The highest BCUT2D eigenvalue weighted by atomic mass is 14.9. The molecule has 15 heavy (non-hydrogen) atoms. The largest absolute Gasteiger partial charge is 0.350 e. The summed E-state index contributed by atoms with van der Waals surface area (Å²) >= 11 is 0. The molecule has 0 bridgehead atoms. The predicted molar refractivity (Wildman–Crippen MR) is 64.9 cm³/mol. The van der Waals surface area contributed by atoms with Crippen LogP contribution in [0.25, 0.3) is 10.9 Å². The SMILES string of the molecule is CC[C@@H](N)Cc1cn(C)c2ccccc12. The summed E-state index contributed by atoms with van der Waals surface area (Å²) in [4.78, 5) is 0. The lowest BCUT2D eigenvalue weighted by Crippen LogP contribution is -2.21. The number of rotatable bonds is 3. The van der Waals surface area contributed by atoms with Crippen LogP contribution in [-0.4, -0.2) is 10.6 Å². The van der Waals surface area contributed by atoms with Gasteiger partial charge >= 0.3 is 0 Å². The van der Waals surface area contributed by atoms with Crippen LogP contribution in [0.15, 0.2) is 30.5 Å². The highest BCUT2D eigenvalue weighted by Gasteiger charge is 2.08. The Morgan fingerprint density at radius 3 is 2.80 bits per heavy atom. The van der Waals surface area contributed by atoms with Gasteiger partial charge in [0.15, 0.2) is 0 Å². The van der Waals surface area contributed by atoms with E-state index >= 15 is 0 Å². The molecule has 1 atom stereocenters. The fourth-order valence-electron chi connectivity index (χ4n) is 2.02. The zero-order valence-corrected chi connectivity index (χ0v) is 9.40. The Balaban J connectivity index is 2.43. The van der Waals surface area contributed by atoms with E-state index in [4.69, 9.17) is 5.73 Å². The van der Waals surface area contributed by atoms with Crippen LogP contribution in [0.2, 0.25) is 0 Å². The Morgan fingerprint density at radius 2 is 2.07 bits per heavy atom. The van der Waals surface area contributed by atoms with Crippen molar-refractivity contribution in [2.45, 2.75) is 25.8 Å². The lowest BCUT2D eigenvalue weighted by molar-refractivity contribution is 0.647. The minimum Gasteiger partial charge on any atom is -0.350 e. The highest BCUT2D eigenvalue weighted by Crippen LogP contribution is 2.21. The average molecular weight is 202 g/mol. The zero-order valence-electron chi connectivity index (χ0n) is 9.40. The normalized spacial score (nSPS) is 13.3. The number of nitrogens with two attached hydrogens (primary N) is 1. The summed E-state index contributed by atoms with van der Waals surface area (Å²) in [5.74, 6) is 0. The fraction of sp³-hybridized carbons (Fsp3) is 0.385. The number of fused-ring (bicyclic) bond motifs is 1. The fourth-order valence-corrected chi connectivity index (χ4v) is 2.02. The van der Waals surface area contributed by atoms with Crippen LogP contribution in [0.3, 0.4) is 0 Å². The highest BCUT2D eigenvalue weighted by molar-refractivity contribution is 5.83. The first-order chi connectivity index (χ1) is 7.22. The van der Waals surface area contributed by atoms with E-state index in [-0.39, 0.29) is 6.04 Å². The van der Waals surface area contributed by atoms with Crippen LogP contribution in [0.5, 0.6) is 0 Å². The summed E-state index contributed by atoms with van der Waals surface area (Å²) in [5.41, 5.74) is 8.65. The third-order valence-corrected chi connectivity index (χ3v) is 2.99. The maximum absolute atomic E-state index is 6.00. The van der Waals surface area contributed by atoms with Gasteiger partial charge in [-0.15, -0.1) is 0 Å². The van der Waals surface area contributed by atoms with E-state index in [1.54, 1.807) is 0 Å². The molecule has 0 aliphatic rings. The van der Waals surface area contributed by atoms with Crippen molar-refractivity contribution in [3.05, 3.63) is 36.0 Å². The van der Waals surface area contributed by atoms with Crippen molar-refractivity contribution in [2.24, 2.45) is 12.8 Å². The van der Waals surface area contributed by atoms with Gasteiger partial charge in [0.25, 0.3) is 0 Å². The van der Waals surface area contributed by atoms with E-state index < -0.39 is 0 Å². The monoisotopic (exact) mass is 202 g/mol. The molecule has 0 fully saturated rings. The van der Waals surface area contributed by atoms with E-state index in [2.05, 4.69) is 49.0 Å². The minimum absolute atomic E-state index is 0.274. The van der Waals surface area contributed by atoms with E-state index in [1.165, 1.54) is 16.5 Å². The number of aromatic nitrogens is 1. The van der Waals surface area contributed by atoms with Gasteiger partial charge in [-0.1, -0.05) is 25.1 Å². The van der Waals surface area contributed by atoms with Gasteiger partial charge in [0.2, 0.25) is 0 Å². The van der Waals surface area contributed by atoms with Crippen molar-refractivity contribution in [2.75, 3.05) is 0 Å². The molecule has 0 aliphatic heterocycles. The summed E-state index contributed by atoms with van der Waals surface area (Å²) in [6, 6.07) is 8.76. The summed E-state index contributed by atoms with van der Waals surface area (Å²) in [6.07, 6.45) is 4.20. The first-order valence-electron chi connectivity index (χ1n) is 5.51. The van der Waals surface area contributed by atoms with Gasteiger partial charge in [-0.05, 0) is 24.5 Å². The Morgan fingerprint density at radius 1 is 1.33 bits per heavy atom. The first-order valence-corrected chi connectivity index (χ1v) is 5.51. The van der Waals surface area contributed by atoms with Crippen LogP contribution in [0.1, 0.15) is 18.9 Å².